The van der Waals surface area contributed by atoms with Crippen molar-refractivity contribution in [1.82, 2.24) is 5.06 Å². The van der Waals surface area contributed by atoms with Gasteiger partial charge in [0.1, 0.15) is 6.61 Å². The van der Waals surface area contributed by atoms with E-state index in [1.165, 1.54) is 5.06 Å². The number of nitrogens with zero attached hydrogens (tertiary/aromatic N) is 1. The lowest BCUT2D eigenvalue weighted by Gasteiger charge is -2.20. The molecule has 2 aromatic carbocycles. The van der Waals surface area contributed by atoms with Gasteiger partial charge in [0.05, 0.1) is 11.6 Å². The Morgan fingerprint density at radius 1 is 1.14 bits per heavy atom. The predicted octanol–water partition coefficient (Wildman–Crippen LogP) is 4.29. The molecule has 1 atom stereocenters. The van der Waals surface area contributed by atoms with Crippen LogP contribution >= 0.6 is 11.6 Å². The number of hydrogen-bond donors (Lipinski definition) is 0. The van der Waals surface area contributed by atoms with Crippen LogP contribution in [-0.2, 0) is 16.2 Å². The highest BCUT2D eigenvalue weighted by Gasteiger charge is 2.31. The molecule has 3 rings (SSSR count). The van der Waals surface area contributed by atoms with Crippen LogP contribution in [-0.4, -0.2) is 11.0 Å². The van der Waals surface area contributed by atoms with Crippen LogP contribution in [0.15, 0.2) is 60.7 Å². The number of carbonyl (C=O) groups is 1. The molecule has 2 aromatic rings. The minimum Gasteiger partial charge on any atom is -0.271 e. The molecule has 1 heterocycles. The predicted molar refractivity (Wildman–Crippen MR) is 86.7 cm³/mol. The zero-order valence-corrected chi connectivity index (χ0v) is 13.0. The Hall–Kier alpha value is -2.10. The quantitative estimate of drug-likeness (QED) is 0.842. The maximum Gasteiger partial charge on any atom is 0.257 e. The number of rotatable bonds is 4. The van der Waals surface area contributed by atoms with Gasteiger partial charge in [0, 0.05) is 10.6 Å². The average Bonchev–Trinajstić information content (AvgIpc) is 2.82. The fraction of sp³-hybridized carbons (Fsp3) is 0.167. The lowest BCUT2D eigenvalue weighted by molar-refractivity contribution is -0.169. The van der Waals surface area contributed by atoms with Crippen molar-refractivity contribution in [3.8, 4) is 0 Å². The Bertz CT molecular complexity index is 712. The van der Waals surface area contributed by atoms with Crippen molar-refractivity contribution < 1.29 is 9.63 Å². The molecular weight excluding hydrogens is 298 g/mol. The van der Waals surface area contributed by atoms with E-state index < -0.39 is 0 Å². The van der Waals surface area contributed by atoms with E-state index in [1.807, 2.05) is 61.5 Å². The SMILES string of the molecule is CC1C=C(c2cccc(Cl)c2)N(OCc2ccccc2)C1=O. The van der Waals surface area contributed by atoms with Crippen LogP contribution in [0.5, 0.6) is 0 Å². The van der Waals surface area contributed by atoms with Gasteiger partial charge in [-0.2, -0.15) is 5.06 Å². The normalized spacial score (nSPS) is 17.7. The number of halogens is 1. The molecule has 0 saturated heterocycles. The average molecular weight is 314 g/mol. The van der Waals surface area contributed by atoms with Gasteiger partial charge in [-0.05, 0) is 30.7 Å². The number of hydroxylamine groups is 2. The Morgan fingerprint density at radius 3 is 2.64 bits per heavy atom. The second kappa shape index (κ2) is 6.34. The molecule has 112 valence electrons. The van der Waals surface area contributed by atoms with Gasteiger partial charge in [-0.25, -0.2) is 0 Å². The van der Waals surface area contributed by atoms with Crippen molar-refractivity contribution >= 4 is 23.2 Å². The van der Waals surface area contributed by atoms with Gasteiger partial charge in [0.25, 0.3) is 5.91 Å². The van der Waals surface area contributed by atoms with Gasteiger partial charge in [-0.1, -0.05) is 54.1 Å². The summed E-state index contributed by atoms with van der Waals surface area (Å²) < 4.78 is 0. The Balaban J connectivity index is 1.82. The molecule has 1 aliphatic heterocycles. The summed E-state index contributed by atoms with van der Waals surface area (Å²) in [5.74, 6) is -0.268. The second-order valence-corrected chi connectivity index (χ2v) is 5.68. The fourth-order valence-electron chi connectivity index (χ4n) is 2.39. The standard InChI is InChI=1S/C18H16ClNO2/c1-13-10-17(15-8-5-9-16(19)11-15)20(18(13)21)22-12-14-6-3-2-4-7-14/h2-11,13H,12H2,1H3. The largest absolute Gasteiger partial charge is 0.271 e. The fourth-order valence-corrected chi connectivity index (χ4v) is 2.58. The van der Waals surface area contributed by atoms with Crippen LogP contribution in [0.1, 0.15) is 18.1 Å². The zero-order valence-electron chi connectivity index (χ0n) is 12.2. The van der Waals surface area contributed by atoms with Gasteiger partial charge in [0.15, 0.2) is 0 Å². The van der Waals surface area contributed by atoms with Crippen molar-refractivity contribution in [3.63, 3.8) is 0 Å². The lowest BCUT2D eigenvalue weighted by atomic mass is 10.1. The molecule has 0 aromatic heterocycles. The van der Waals surface area contributed by atoms with Crippen molar-refractivity contribution in [2.75, 3.05) is 0 Å². The molecule has 1 aliphatic rings. The van der Waals surface area contributed by atoms with E-state index in [4.69, 9.17) is 16.4 Å². The summed E-state index contributed by atoms with van der Waals surface area (Å²) in [6.45, 7) is 2.20. The summed E-state index contributed by atoms with van der Waals surface area (Å²) >= 11 is 6.05. The minimum absolute atomic E-state index is 0.0640. The molecule has 0 fully saturated rings. The summed E-state index contributed by atoms with van der Waals surface area (Å²) in [5.41, 5.74) is 2.63. The molecule has 22 heavy (non-hydrogen) atoms. The molecule has 4 heteroatoms. The Morgan fingerprint density at radius 2 is 1.91 bits per heavy atom. The summed E-state index contributed by atoms with van der Waals surface area (Å²) in [6, 6.07) is 17.2. The monoisotopic (exact) mass is 313 g/mol. The van der Waals surface area contributed by atoms with E-state index in [-0.39, 0.29) is 11.8 Å². The van der Waals surface area contributed by atoms with Crippen LogP contribution in [0.25, 0.3) is 5.70 Å². The highest BCUT2D eigenvalue weighted by atomic mass is 35.5. The minimum atomic E-state index is -0.204. The maximum absolute atomic E-state index is 12.3. The van der Waals surface area contributed by atoms with Gasteiger partial charge in [0.2, 0.25) is 0 Å². The molecule has 0 saturated carbocycles. The van der Waals surface area contributed by atoms with Gasteiger partial charge >= 0.3 is 0 Å². The molecule has 0 radical (unpaired) electrons. The van der Waals surface area contributed by atoms with Crippen LogP contribution < -0.4 is 0 Å². The van der Waals surface area contributed by atoms with E-state index in [1.54, 1.807) is 6.07 Å². The molecule has 3 nitrogen and oxygen atoms in total. The number of benzene rings is 2. The molecule has 0 bridgehead atoms. The van der Waals surface area contributed by atoms with E-state index in [2.05, 4.69) is 0 Å². The van der Waals surface area contributed by atoms with E-state index in [9.17, 15) is 4.79 Å². The lowest BCUT2D eigenvalue weighted by Crippen LogP contribution is -2.27. The smallest absolute Gasteiger partial charge is 0.257 e. The van der Waals surface area contributed by atoms with Crippen molar-refractivity contribution in [1.29, 1.82) is 0 Å². The molecule has 0 aliphatic carbocycles. The van der Waals surface area contributed by atoms with Gasteiger partial charge < -0.3 is 0 Å². The van der Waals surface area contributed by atoms with Crippen LogP contribution in [0.2, 0.25) is 5.02 Å². The molecule has 0 N–H and O–H groups in total. The van der Waals surface area contributed by atoms with Crippen molar-refractivity contribution in [2.24, 2.45) is 5.92 Å². The van der Waals surface area contributed by atoms with Crippen molar-refractivity contribution in [3.05, 3.63) is 76.8 Å². The first-order chi connectivity index (χ1) is 10.6. The first kappa shape index (κ1) is 14.8. The van der Waals surface area contributed by atoms with Crippen LogP contribution in [0, 0.1) is 5.92 Å². The van der Waals surface area contributed by atoms with E-state index >= 15 is 0 Å². The molecule has 1 unspecified atom stereocenters. The Kier molecular flexibility index (Phi) is 4.27. The zero-order chi connectivity index (χ0) is 15.5. The third-order valence-electron chi connectivity index (χ3n) is 3.54. The number of carbonyl (C=O) groups excluding carboxylic acids is 1. The summed E-state index contributed by atoms with van der Waals surface area (Å²) in [4.78, 5) is 18.1. The van der Waals surface area contributed by atoms with Crippen molar-refractivity contribution in [2.45, 2.75) is 13.5 Å². The van der Waals surface area contributed by atoms with E-state index in [0.717, 1.165) is 16.8 Å². The Labute approximate surface area is 134 Å². The van der Waals surface area contributed by atoms with Crippen LogP contribution in [0.3, 0.4) is 0 Å². The summed E-state index contributed by atoms with van der Waals surface area (Å²) in [5, 5.41) is 2.01. The highest BCUT2D eigenvalue weighted by Crippen LogP contribution is 2.31. The topological polar surface area (TPSA) is 29.5 Å². The highest BCUT2D eigenvalue weighted by molar-refractivity contribution is 6.30. The summed E-state index contributed by atoms with van der Waals surface area (Å²) in [6.07, 6.45) is 1.90. The van der Waals surface area contributed by atoms with Crippen LogP contribution in [0.4, 0.5) is 0 Å². The molecule has 0 spiro atoms. The third kappa shape index (κ3) is 3.06. The maximum atomic E-state index is 12.3. The third-order valence-corrected chi connectivity index (χ3v) is 3.77. The molecular formula is C18H16ClNO2. The van der Waals surface area contributed by atoms with E-state index in [0.29, 0.717) is 11.6 Å². The first-order valence-electron chi connectivity index (χ1n) is 7.14. The van der Waals surface area contributed by atoms with Gasteiger partial charge in [-0.15, -0.1) is 0 Å². The number of hydrogen-bond acceptors (Lipinski definition) is 2. The first-order valence-corrected chi connectivity index (χ1v) is 7.51. The molecule has 1 amide bonds. The summed E-state index contributed by atoms with van der Waals surface area (Å²) in [7, 11) is 0. The van der Waals surface area contributed by atoms with Gasteiger partial charge in [-0.3, -0.25) is 9.63 Å². The second-order valence-electron chi connectivity index (χ2n) is 5.24. The number of amides is 1.